The van der Waals surface area contributed by atoms with Gasteiger partial charge in [-0.1, -0.05) is 19.3 Å². The second kappa shape index (κ2) is 9.02. The van der Waals surface area contributed by atoms with Gasteiger partial charge in [0.1, 0.15) is 11.5 Å². The summed E-state index contributed by atoms with van der Waals surface area (Å²) in [5, 5.41) is 65.9. The maximum Gasteiger partial charge on any atom is 0.127 e. The van der Waals surface area contributed by atoms with Gasteiger partial charge in [-0.2, -0.15) is 0 Å². The first-order valence-electron chi connectivity index (χ1n) is 12.9. The lowest BCUT2D eigenvalue weighted by Gasteiger charge is -2.41. The zero-order chi connectivity index (χ0) is 27.5. The average molecular weight is 501 g/mol. The molecule has 0 spiro atoms. The van der Waals surface area contributed by atoms with Crippen LogP contribution in [0.3, 0.4) is 0 Å². The maximum absolute atomic E-state index is 11.1. The maximum atomic E-state index is 11.1. The van der Waals surface area contributed by atoms with Gasteiger partial charge in [0.05, 0.1) is 22.4 Å². The van der Waals surface area contributed by atoms with Crippen LogP contribution >= 0.6 is 0 Å². The molecule has 0 aliphatic heterocycles. The van der Waals surface area contributed by atoms with Gasteiger partial charge in [0.2, 0.25) is 0 Å². The first kappa shape index (κ1) is 28.5. The predicted molar refractivity (Wildman–Crippen MR) is 141 cm³/mol. The van der Waals surface area contributed by atoms with Crippen LogP contribution in [-0.4, -0.2) is 30.6 Å². The Morgan fingerprint density at radius 2 is 0.750 bits per heavy atom. The van der Waals surface area contributed by atoms with Crippen LogP contribution in [0.4, 0.5) is 0 Å². The normalized spacial score (nSPS) is 17.3. The zero-order valence-electron chi connectivity index (χ0n) is 23.0. The summed E-state index contributed by atoms with van der Waals surface area (Å²) in [6.45, 7) is 12.8. The van der Waals surface area contributed by atoms with Gasteiger partial charge in [0, 0.05) is 27.7 Å². The van der Waals surface area contributed by atoms with E-state index in [1.165, 1.54) is 0 Å². The van der Waals surface area contributed by atoms with E-state index >= 15 is 0 Å². The summed E-state index contributed by atoms with van der Waals surface area (Å²) >= 11 is 0. The molecule has 1 fully saturated rings. The molecule has 1 aliphatic rings. The van der Waals surface area contributed by atoms with Crippen molar-refractivity contribution in [3.63, 3.8) is 0 Å². The Morgan fingerprint density at radius 3 is 0.972 bits per heavy atom. The molecule has 0 amide bonds. The molecule has 3 rings (SSSR count). The van der Waals surface area contributed by atoms with Crippen LogP contribution < -0.4 is 0 Å². The number of benzene rings is 2. The molecule has 2 aromatic carbocycles. The van der Waals surface area contributed by atoms with Gasteiger partial charge in [0.25, 0.3) is 0 Å². The molecule has 0 unspecified atom stereocenters. The molecule has 2 aromatic rings. The van der Waals surface area contributed by atoms with E-state index in [1.807, 2.05) is 24.3 Å². The number of hydrogen-bond donors (Lipinski definition) is 6. The highest BCUT2D eigenvalue weighted by molar-refractivity contribution is 5.56. The largest absolute Gasteiger partial charge is 0.507 e. The summed E-state index contributed by atoms with van der Waals surface area (Å²) in [6, 6.07) is 7.26. The number of aromatic hydroxyl groups is 2. The standard InChI is InChI=1S/C30H44O6/c1-26(2,33)20-14-18(15-21(24(20)31)27(3,4)34)30(12-10-9-11-13-30)19-16-22(28(5,6)35)25(32)23(17-19)29(7,8)36/h14-17,31-36H,9-13H2,1-8H3. The van der Waals surface area contributed by atoms with Gasteiger partial charge < -0.3 is 30.6 Å². The van der Waals surface area contributed by atoms with Crippen molar-refractivity contribution in [1.82, 2.24) is 0 Å². The third-order valence-corrected chi connectivity index (χ3v) is 7.67. The van der Waals surface area contributed by atoms with E-state index in [9.17, 15) is 30.6 Å². The van der Waals surface area contributed by atoms with E-state index in [-0.39, 0.29) is 11.5 Å². The highest BCUT2D eigenvalue weighted by atomic mass is 16.3. The second-order valence-electron chi connectivity index (χ2n) is 12.7. The van der Waals surface area contributed by atoms with Crippen molar-refractivity contribution in [2.75, 3.05) is 0 Å². The number of hydrogen-bond acceptors (Lipinski definition) is 6. The van der Waals surface area contributed by atoms with Gasteiger partial charge in [0.15, 0.2) is 0 Å². The summed E-state index contributed by atoms with van der Waals surface area (Å²) < 4.78 is 0. The monoisotopic (exact) mass is 500 g/mol. The Balaban J connectivity index is 2.46. The Labute approximate surface area is 215 Å². The minimum atomic E-state index is -1.36. The number of phenolic OH excluding ortho intramolecular Hbond substituents is 2. The van der Waals surface area contributed by atoms with Crippen LogP contribution in [0, 0.1) is 0 Å². The van der Waals surface area contributed by atoms with Crippen molar-refractivity contribution in [1.29, 1.82) is 0 Å². The predicted octanol–water partition coefficient (Wildman–Crippen LogP) is 5.26. The van der Waals surface area contributed by atoms with Gasteiger partial charge in [-0.25, -0.2) is 0 Å². The number of aliphatic hydroxyl groups is 4. The third-order valence-electron chi connectivity index (χ3n) is 7.67. The van der Waals surface area contributed by atoms with Gasteiger partial charge in [-0.15, -0.1) is 0 Å². The Kier molecular flexibility index (Phi) is 7.13. The molecule has 0 heterocycles. The van der Waals surface area contributed by atoms with Crippen LogP contribution in [0.2, 0.25) is 0 Å². The zero-order valence-corrected chi connectivity index (χ0v) is 23.0. The molecule has 0 radical (unpaired) electrons. The molecule has 0 saturated heterocycles. The Bertz CT molecular complexity index is 961. The average Bonchev–Trinajstić information content (AvgIpc) is 2.71. The topological polar surface area (TPSA) is 121 Å². The fourth-order valence-electron chi connectivity index (χ4n) is 5.59. The lowest BCUT2D eigenvalue weighted by molar-refractivity contribution is 0.0653. The summed E-state index contributed by atoms with van der Waals surface area (Å²) in [5.41, 5.74) is -3.05. The molecule has 0 aromatic heterocycles. The highest BCUT2D eigenvalue weighted by Gasteiger charge is 2.41. The van der Waals surface area contributed by atoms with E-state index in [0.717, 1.165) is 43.2 Å². The first-order chi connectivity index (χ1) is 16.2. The molecule has 1 aliphatic carbocycles. The van der Waals surface area contributed by atoms with E-state index in [4.69, 9.17) is 0 Å². The van der Waals surface area contributed by atoms with E-state index in [1.54, 1.807) is 55.4 Å². The van der Waals surface area contributed by atoms with Crippen LogP contribution in [-0.2, 0) is 27.8 Å². The molecule has 6 heteroatoms. The molecular weight excluding hydrogens is 456 g/mol. The van der Waals surface area contributed by atoms with Crippen LogP contribution in [0.25, 0.3) is 0 Å². The number of phenols is 2. The van der Waals surface area contributed by atoms with E-state index in [2.05, 4.69) is 0 Å². The minimum absolute atomic E-state index is 0.134. The lowest BCUT2D eigenvalue weighted by Crippen LogP contribution is -2.34. The summed E-state index contributed by atoms with van der Waals surface area (Å²) in [4.78, 5) is 0. The molecule has 36 heavy (non-hydrogen) atoms. The molecule has 6 N–H and O–H groups in total. The molecular formula is C30H44O6. The fourth-order valence-corrected chi connectivity index (χ4v) is 5.59. The molecule has 200 valence electrons. The van der Waals surface area contributed by atoms with Crippen molar-refractivity contribution in [2.45, 2.75) is 115 Å². The van der Waals surface area contributed by atoms with Crippen LogP contribution in [0.15, 0.2) is 24.3 Å². The quantitative estimate of drug-likeness (QED) is 0.322. The van der Waals surface area contributed by atoms with E-state index < -0.39 is 27.8 Å². The summed E-state index contributed by atoms with van der Waals surface area (Å²) in [7, 11) is 0. The molecule has 1 saturated carbocycles. The fraction of sp³-hybridized carbons (Fsp3) is 0.600. The third kappa shape index (κ3) is 5.28. The van der Waals surface area contributed by atoms with Crippen molar-refractivity contribution >= 4 is 0 Å². The molecule has 0 atom stereocenters. The first-order valence-corrected chi connectivity index (χ1v) is 12.9. The SMILES string of the molecule is CC(C)(O)c1cc(C2(c3cc(C(C)(C)O)c(O)c(C(C)(C)O)c3)CCCCC2)cc(C(C)(C)O)c1O. The van der Waals surface area contributed by atoms with Gasteiger partial charge in [-0.3, -0.25) is 0 Å². The smallest absolute Gasteiger partial charge is 0.127 e. The summed E-state index contributed by atoms with van der Waals surface area (Å²) in [6.07, 6.45) is 4.46. The van der Waals surface area contributed by atoms with Crippen molar-refractivity contribution < 1.29 is 30.6 Å². The highest BCUT2D eigenvalue weighted by Crippen LogP contribution is 2.51. The Hall–Kier alpha value is -2.12. The van der Waals surface area contributed by atoms with Crippen molar-refractivity contribution in [2.24, 2.45) is 0 Å². The lowest BCUT2D eigenvalue weighted by atomic mass is 9.63. The van der Waals surface area contributed by atoms with Gasteiger partial charge in [-0.05, 0) is 104 Å². The van der Waals surface area contributed by atoms with Gasteiger partial charge >= 0.3 is 0 Å². The van der Waals surface area contributed by atoms with Crippen LogP contribution in [0.1, 0.15) is 121 Å². The Morgan fingerprint density at radius 1 is 0.500 bits per heavy atom. The van der Waals surface area contributed by atoms with Crippen molar-refractivity contribution in [3.05, 3.63) is 57.6 Å². The number of rotatable bonds is 6. The second-order valence-corrected chi connectivity index (χ2v) is 12.7. The molecule has 0 bridgehead atoms. The molecule has 6 nitrogen and oxygen atoms in total. The van der Waals surface area contributed by atoms with E-state index in [0.29, 0.717) is 22.3 Å². The van der Waals surface area contributed by atoms with Crippen LogP contribution in [0.5, 0.6) is 11.5 Å². The van der Waals surface area contributed by atoms with Crippen molar-refractivity contribution in [3.8, 4) is 11.5 Å². The summed E-state index contributed by atoms with van der Waals surface area (Å²) in [5.74, 6) is -0.269. The minimum Gasteiger partial charge on any atom is -0.507 e.